The van der Waals surface area contributed by atoms with Crippen LogP contribution in [0.15, 0.2) is 62.7 Å². The van der Waals surface area contributed by atoms with E-state index >= 15 is 0 Å². The zero-order valence-corrected chi connectivity index (χ0v) is 17.4. The number of hydrogen-bond acceptors (Lipinski definition) is 6. The molecule has 0 unspecified atom stereocenters. The summed E-state index contributed by atoms with van der Waals surface area (Å²) in [6, 6.07) is 10.2. The number of halogens is 1. The topological polar surface area (TPSA) is 99.2 Å². The lowest BCUT2D eigenvalue weighted by molar-refractivity contribution is 0.360. The highest BCUT2D eigenvalue weighted by molar-refractivity contribution is 9.10. The molecule has 8 nitrogen and oxygen atoms in total. The van der Waals surface area contributed by atoms with Gasteiger partial charge in [0.1, 0.15) is 11.1 Å². The van der Waals surface area contributed by atoms with Gasteiger partial charge in [0.05, 0.1) is 18.0 Å². The Morgan fingerprint density at radius 1 is 1.24 bits per heavy atom. The molecule has 0 radical (unpaired) electrons. The van der Waals surface area contributed by atoms with Crippen LogP contribution in [0.5, 0.6) is 5.75 Å². The number of aromatic nitrogens is 3. The quantitative estimate of drug-likeness (QED) is 0.474. The molecule has 0 saturated carbocycles. The average Bonchev–Trinajstić information content (AvgIpc) is 3.42. The molecule has 0 aliphatic carbocycles. The summed E-state index contributed by atoms with van der Waals surface area (Å²) in [7, 11) is -3.84. The average molecular weight is 475 g/mol. The first kappa shape index (κ1) is 18.2. The molecular formula is C19H15BrN4O4S. The van der Waals surface area contributed by atoms with Gasteiger partial charge in [0.2, 0.25) is 0 Å². The van der Waals surface area contributed by atoms with Gasteiger partial charge in [-0.05, 0) is 35.9 Å². The second-order valence-corrected chi connectivity index (χ2v) is 9.21. The van der Waals surface area contributed by atoms with Gasteiger partial charge in [-0.15, -0.1) is 0 Å². The molecule has 1 N–H and O–H groups in total. The summed E-state index contributed by atoms with van der Waals surface area (Å²) in [6.07, 6.45) is 4.33. The fourth-order valence-electron chi connectivity index (χ4n) is 3.45. The summed E-state index contributed by atoms with van der Waals surface area (Å²) in [4.78, 5) is 0.121. The largest absolute Gasteiger partial charge is 0.492 e. The van der Waals surface area contributed by atoms with E-state index in [1.807, 2.05) is 23.0 Å². The summed E-state index contributed by atoms with van der Waals surface area (Å²) >= 11 is 3.29. The number of sulfonamides is 1. The second-order valence-electron chi connectivity index (χ2n) is 6.61. The van der Waals surface area contributed by atoms with E-state index in [1.54, 1.807) is 18.3 Å². The van der Waals surface area contributed by atoms with Crippen molar-refractivity contribution in [3.8, 4) is 5.75 Å². The highest BCUT2D eigenvalue weighted by atomic mass is 79.9. The first-order valence-electron chi connectivity index (χ1n) is 8.84. The zero-order chi connectivity index (χ0) is 20.0. The first-order chi connectivity index (χ1) is 14.0. The molecule has 0 bridgehead atoms. The van der Waals surface area contributed by atoms with E-state index in [4.69, 9.17) is 9.26 Å². The maximum absolute atomic E-state index is 12.8. The minimum Gasteiger partial charge on any atom is -0.492 e. The van der Waals surface area contributed by atoms with Crippen molar-refractivity contribution < 1.29 is 17.7 Å². The van der Waals surface area contributed by atoms with Crippen LogP contribution in [0.2, 0.25) is 0 Å². The third-order valence-corrected chi connectivity index (χ3v) is 6.57. The zero-order valence-electron chi connectivity index (χ0n) is 15.0. The van der Waals surface area contributed by atoms with E-state index in [0.717, 1.165) is 17.5 Å². The van der Waals surface area contributed by atoms with E-state index in [9.17, 15) is 8.42 Å². The minimum atomic E-state index is -3.84. The molecule has 10 heteroatoms. The molecule has 2 aromatic carbocycles. The highest BCUT2D eigenvalue weighted by Gasteiger charge is 2.27. The van der Waals surface area contributed by atoms with Crippen molar-refractivity contribution in [1.29, 1.82) is 0 Å². The van der Waals surface area contributed by atoms with Gasteiger partial charge in [-0.3, -0.25) is 9.40 Å². The standard InChI is InChI=1S/C19H15BrN4O4S/c20-13-3-1-4-14(10-13)29(25,26)23-19-17-16(28-22-19)9-12(11-24-7-2-6-21-24)15-5-8-27-18(15)17/h1-4,6-7,9-10H,5,8,11H2,(H,22,23). The smallest absolute Gasteiger partial charge is 0.263 e. The van der Waals surface area contributed by atoms with Crippen molar-refractivity contribution in [1.82, 2.24) is 14.9 Å². The molecule has 4 aromatic rings. The van der Waals surface area contributed by atoms with E-state index in [-0.39, 0.29) is 10.7 Å². The Kier molecular flexibility index (Phi) is 4.32. The van der Waals surface area contributed by atoms with E-state index in [1.165, 1.54) is 12.1 Å². The van der Waals surface area contributed by atoms with E-state index in [0.29, 0.717) is 34.3 Å². The van der Waals surface area contributed by atoms with Gasteiger partial charge in [-0.1, -0.05) is 27.2 Å². The number of benzene rings is 2. The number of nitrogens with zero attached hydrogens (tertiary/aromatic N) is 3. The van der Waals surface area contributed by atoms with Gasteiger partial charge in [-0.2, -0.15) is 5.10 Å². The molecule has 5 rings (SSSR count). The van der Waals surface area contributed by atoms with Crippen molar-refractivity contribution in [3.63, 3.8) is 0 Å². The van der Waals surface area contributed by atoms with Gasteiger partial charge in [0.15, 0.2) is 11.4 Å². The molecule has 2 aromatic heterocycles. The normalized spacial score (nSPS) is 13.4. The number of anilines is 1. The lowest BCUT2D eigenvalue weighted by Gasteiger charge is -2.10. The Hall–Kier alpha value is -2.85. The van der Waals surface area contributed by atoms with Crippen LogP contribution in [-0.4, -0.2) is 30.0 Å². The number of hydrogen-bond donors (Lipinski definition) is 1. The van der Waals surface area contributed by atoms with Gasteiger partial charge >= 0.3 is 0 Å². The third kappa shape index (κ3) is 3.28. The molecule has 0 amide bonds. The molecule has 0 saturated heterocycles. The van der Waals surface area contributed by atoms with Crippen molar-refractivity contribution in [3.05, 3.63) is 64.4 Å². The minimum absolute atomic E-state index is 0.115. The molecule has 1 aliphatic heterocycles. The Bertz CT molecular complexity index is 1320. The molecule has 0 spiro atoms. The van der Waals surface area contributed by atoms with Gasteiger partial charge in [-0.25, -0.2) is 8.42 Å². The van der Waals surface area contributed by atoms with Gasteiger partial charge in [0, 0.05) is 28.9 Å². The molecule has 29 heavy (non-hydrogen) atoms. The predicted octanol–water partition coefficient (Wildman–Crippen LogP) is 3.57. The van der Waals surface area contributed by atoms with Crippen molar-refractivity contribution >= 4 is 42.7 Å². The number of rotatable bonds is 5. The molecule has 0 atom stereocenters. The molecular weight excluding hydrogens is 460 g/mol. The summed E-state index contributed by atoms with van der Waals surface area (Å²) in [5, 5.41) is 8.74. The maximum atomic E-state index is 12.8. The number of ether oxygens (including phenoxy) is 1. The molecule has 3 heterocycles. The summed E-state index contributed by atoms with van der Waals surface area (Å²) < 4.78 is 41.9. The number of nitrogens with one attached hydrogen (secondary N) is 1. The Morgan fingerprint density at radius 2 is 2.14 bits per heavy atom. The Morgan fingerprint density at radius 3 is 2.93 bits per heavy atom. The van der Waals surface area contributed by atoms with Crippen LogP contribution in [0.25, 0.3) is 11.0 Å². The summed E-state index contributed by atoms with van der Waals surface area (Å²) in [5.74, 6) is 0.724. The Balaban J connectivity index is 1.57. The third-order valence-electron chi connectivity index (χ3n) is 4.74. The van der Waals surface area contributed by atoms with Gasteiger partial charge < -0.3 is 9.26 Å². The lowest BCUT2D eigenvalue weighted by Crippen LogP contribution is -2.13. The SMILES string of the molecule is O=S(=O)(Nc1noc2cc(Cn3cccn3)c3c(c12)OCC3)c1cccc(Br)c1. The molecule has 148 valence electrons. The van der Waals surface area contributed by atoms with Crippen LogP contribution in [0.1, 0.15) is 11.1 Å². The summed E-state index contributed by atoms with van der Waals surface area (Å²) in [6.45, 7) is 1.08. The van der Waals surface area contributed by atoms with Crippen molar-refractivity contribution in [2.24, 2.45) is 0 Å². The predicted molar refractivity (Wildman–Crippen MR) is 109 cm³/mol. The van der Waals surface area contributed by atoms with Crippen LogP contribution in [0, 0.1) is 0 Å². The highest BCUT2D eigenvalue weighted by Crippen LogP contribution is 2.41. The van der Waals surface area contributed by atoms with Crippen LogP contribution in [0.4, 0.5) is 5.82 Å². The second kappa shape index (κ2) is 6.89. The lowest BCUT2D eigenvalue weighted by atomic mass is 10.0. The monoisotopic (exact) mass is 474 g/mol. The van der Waals surface area contributed by atoms with Crippen molar-refractivity contribution in [2.45, 2.75) is 17.9 Å². The fourth-order valence-corrected chi connectivity index (χ4v) is 5.05. The van der Waals surface area contributed by atoms with Crippen LogP contribution in [0.3, 0.4) is 0 Å². The van der Waals surface area contributed by atoms with Crippen molar-refractivity contribution in [2.75, 3.05) is 11.3 Å². The number of fused-ring (bicyclic) bond motifs is 3. The molecule has 1 aliphatic rings. The maximum Gasteiger partial charge on any atom is 0.263 e. The first-order valence-corrected chi connectivity index (χ1v) is 11.1. The van der Waals surface area contributed by atoms with Gasteiger partial charge in [0.25, 0.3) is 10.0 Å². The molecule has 0 fully saturated rings. The van der Waals surface area contributed by atoms with Crippen LogP contribution < -0.4 is 9.46 Å². The van der Waals surface area contributed by atoms with Crippen LogP contribution in [-0.2, 0) is 23.0 Å². The fraction of sp³-hybridized carbons (Fsp3) is 0.158. The van der Waals surface area contributed by atoms with E-state index in [2.05, 4.69) is 30.9 Å². The Labute approximate surface area is 174 Å². The van der Waals surface area contributed by atoms with Crippen LogP contribution >= 0.6 is 15.9 Å². The van der Waals surface area contributed by atoms with E-state index < -0.39 is 10.0 Å². The summed E-state index contributed by atoms with van der Waals surface area (Å²) in [5.41, 5.74) is 2.48.